The SMILES string of the molecule is CC(N)Cc1nc(O)c(-c2cccc(Cl)c2)c(=O)[nH]1. The number of benzene rings is 1. The molecule has 0 amide bonds. The van der Waals surface area contributed by atoms with E-state index in [1.807, 2.05) is 0 Å². The third-order valence-electron chi connectivity index (χ3n) is 2.58. The lowest BCUT2D eigenvalue weighted by Gasteiger charge is -2.08. The van der Waals surface area contributed by atoms with Gasteiger partial charge in [0.05, 0.1) is 0 Å². The quantitative estimate of drug-likeness (QED) is 0.797. The largest absolute Gasteiger partial charge is 0.493 e. The molecule has 2 rings (SSSR count). The standard InChI is InChI=1S/C13H14ClN3O2/c1-7(15)5-10-16-12(18)11(13(19)17-10)8-3-2-4-9(14)6-8/h2-4,6-7H,5,15H2,1H3,(H2,16,17,18,19). The van der Waals surface area contributed by atoms with Gasteiger partial charge in [0.25, 0.3) is 5.56 Å². The molecule has 1 heterocycles. The summed E-state index contributed by atoms with van der Waals surface area (Å²) in [5.41, 5.74) is 5.85. The molecule has 19 heavy (non-hydrogen) atoms. The minimum Gasteiger partial charge on any atom is -0.493 e. The Morgan fingerprint density at radius 2 is 2.26 bits per heavy atom. The van der Waals surface area contributed by atoms with Crippen molar-refractivity contribution in [2.24, 2.45) is 5.73 Å². The van der Waals surface area contributed by atoms with E-state index in [9.17, 15) is 9.90 Å². The van der Waals surface area contributed by atoms with Crippen LogP contribution in [0.1, 0.15) is 12.7 Å². The summed E-state index contributed by atoms with van der Waals surface area (Å²) in [6, 6.07) is 6.52. The summed E-state index contributed by atoms with van der Waals surface area (Å²) in [5.74, 6) is 0.0462. The molecule has 0 fully saturated rings. The maximum Gasteiger partial charge on any atom is 0.262 e. The number of aromatic hydroxyl groups is 1. The topological polar surface area (TPSA) is 92.0 Å². The Bertz CT molecular complexity index is 653. The van der Waals surface area contributed by atoms with Crippen molar-refractivity contribution < 1.29 is 5.11 Å². The van der Waals surface area contributed by atoms with Crippen LogP contribution >= 0.6 is 11.6 Å². The van der Waals surface area contributed by atoms with E-state index in [4.69, 9.17) is 17.3 Å². The first-order chi connectivity index (χ1) is 8.97. The number of halogens is 1. The van der Waals surface area contributed by atoms with Crippen molar-refractivity contribution in [3.8, 4) is 17.0 Å². The van der Waals surface area contributed by atoms with Gasteiger partial charge in [-0.25, -0.2) is 0 Å². The number of nitrogens with one attached hydrogen (secondary N) is 1. The van der Waals surface area contributed by atoms with Crippen LogP contribution in [-0.4, -0.2) is 21.1 Å². The van der Waals surface area contributed by atoms with E-state index >= 15 is 0 Å². The van der Waals surface area contributed by atoms with E-state index in [2.05, 4.69) is 9.97 Å². The minimum atomic E-state index is -0.412. The summed E-state index contributed by atoms with van der Waals surface area (Å²) in [4.78, 5) is 18.6. The lowest BCUT2D eigenvalue weighted by molar-refractivity contribution is 0.449. The lowest BCUT2D eigenvalue weighted by atomic mass is 10.1. The summed E-state index contributed by atoms with van der Waals surface area (Å²) in [6.45, 7) is 1.79. The average Bonchev–Trinajstić information content (AvgIpc) is 2.26. The fourth-order valence-electron chi connectivity index (χ4n) is 1.81. The molecule has 0 radical (unpaired) electrons. The summed E-state index contributed by atoms with van der Waals surface area (Å²) >= 11 is 5.87. The molecular formula is C13H14ClN3O2. The second-order valence-electron chi connectivity index (χ2n) is 4.40. The molecule has 0 aliphatic rings. The Labute approximate surface area is 115 Å². The van der Waals surface area contributed by atoms with Crippen LogP contribution in [0.4, 0.5) is 0 Å². The Hall–Kier alpha value is -1.85. The van der Waals surface area contributed by atoms with Crippen molar-refractivity contribution in [3.63, 3.8) is 0 Å². The first kappa shape index (κ1) is 13.6. The number of rotatable bonds is 3. The van der Waals surface area contributed by atoms with Crippen LogP contribution in [0.3, 0.4) is 0 Å². The first-order valence-electron chi connectivity index (χ1n) is 5.81. The molecule has 0 aliphatic carbocycles. The molecule has 0 spiro atoms. The van der Waals surface area contributed by atoms with Crippen LogP contribution in [-0.2, 0) is 6.42 Å². The predicted octanol–water partition coefficient (Wildman–Crippen LogP) is 1.69. The summed E-state index contributed by atoms with van der Waals surface area (Å²) in [5, 5.41) is 10.4. The van der Waals surface area contributed by atoms with Crippen LogP contribution in [0.15, 0.2) is 29.1 Å². The molecule has 2 aromatic rings. The van der Waals surface area contributed by atoms with Gasteiger partial charge in [0.1, 0.15) is 11.4 Å². The summed E-state index contributed by atoms with van der Waals surface area (Å²) in [6.07, 6.45) is 0.388. The van der Waals surface area contributed by atoms with Gasteiger partial charge in [-0.2, -0.15) is 4.98 Å². The molecule has 4 N–H and O–H groups in total. The highest BCUT2D eigenvalue weighted by molar-refractivity contribution is 6.30. The number of H-pyrrole nitrogens is 1. The van der Waals surface area contributed by atoms with Gasteiger partial charge in [-0.1, -0.05) is 23.7 Å². The maximum absolute atomic E-state index is 12.0. The number of hydrogen-bond donors (Lipinski definition) is 3. The highest BCUT2D eigenvalue weighted by atomic mass is 35.5. The van der Waals surface area contributed by atoms with Gasteiger partial charge in [0.2, 0.25) is 5.88 Å². The van der Waals surface area contributed by atoms with Gasteiger partial charge in [0, 0.05) is 17.5 Å². The third kappa shape index (κ3) is 3.13. The van der Waals surface area contributed by atoms with Gasteiger partial charge in [0.15, 0.2) is 0 Å². The Balaban J connectivity index is 2.51. The molecular weight excluding hydrogens is 266 g/mol. The highest BCUT2D eigenvalue weighted by Gasteiger charge is 2.13. The van der Waals surface area contributed by atoms with Gasteiger partial charge in [-0.15, -0.1) is 0 Å². The van der Waals surface area contributed by atoms with Gasteiger partial charge in [-0.05, 0) is 24.6 Å². The summed E-state index contributed by atoms with van der Waals surface area (Å²) in [7, 11) is 0. The van der Waals surface area contributed by atoms with Gasteiger partial charge in [-0.3, -0.25) is 4.79 Å². The number of aromatic amines is 1. The molecule has 100 valence electrons. The van der Waals surface area contributed by atoms with Gasteiger partial charge < -0.3 is 15.8 Å². The van der Waals surface area contributed by atoms with Crippen molar-refractivity contribution in [2.75, 3.05) is 0 Å². The number of nitrogens with zero attached hydrogens (tertiary/aromatic N) is 1. The van der Waals surface area contributed by atoms with Crippen LogP contribution in [0, 0.1) is 0 Å². The Morgan fingerprint density at radius 3 is 2.84 bits per heavy atom. The van der Waals surface area contributed by atoms with Crippen LogP contribution in [0.25, 0.3) is 11.1 Å². The normalized spacial score (nSPS) is 12.4. The lowest BCUT2D eigenvalue weighted by Crippen LogP contribution is -2.22. The fourth-order valence-corrected chi connectivity index (χ4v) is 2.00. The van der Waals surface area contributed by atoms with Crippen molar-refractivity contribution in [2.45, 2.75) is 19.4 Å². The van der Waals surface area contributed by atoms with Crippen molar-refractivity contribution in [1.29, 1.82) is 0 Å². The molecule has 0 aliphatic heterocycles. The average molecular weight is 280 g/mol. The Morgan fingerprint density at radius 1 is 1.53 bits per heavy atom. The number of nitrogens with two attached hydrogens (primary N) is 1. The van der Waals surface area contributed by atoms with E-state index < -0.39 is 5.56 Å². The zero-order valence-electron chi connectivity index (χ0n) is 10.4. The first-order valence-corrected chi connectivity index (χ1v) is 6.19. The molecule has 0 saturated heterocycles. The molecule has 1 aromatic heterocycles. The second kappa shape index (κ2) is 5.42. The van der Waals surface area contributed by atoms with Crippen LogP contribution in [0.2, 0.25) is 5.02 Å². The maximum atomic E-state index is 12.0. The molecule has 5 nitrogen and oxygen atoms in total. The third-order valence-corrected chi connectivity index (χ3v) is 2.81. The van der Waals surface area contributed by atoms with E-state index in [1.54, 1.807) is 31.2 Å². The van der Waals surface area contributed by atoms with E-state index in [1.165, 1.54) is 0 Å². The van der Waals surface area contributed by atoms with E-state index in [0.717, 1.165) is 0 Å². The van der Waals surface area contributed by atoms with Crippen molar-refractivity contribution in [1.82, 2.24) is 9.97 Å². The second-order valence-corrected chi connectivity index (χ2v) is 4.84. The van der Waals surface area contributed by atoms with Gasteiger partial charge >= 0.3 is 0 Å². The van der Waals surface area contributed by atoms with E-state index in [0.29, 0.717) is 22.8 Å². The zero-order chi connectivity index (χ0) is 14.0. The van der Waals surface area contributed by atoms with Crippen LogP contribution in [0.5, 0.6) is 5.88 Å². The Kier molecular flexibility index (Phi) is 3.87. The van der Waals surface area contributed by atoms with Crippen LogP contribution < -0.4 is 11.3 Å². The molecule has 6 heteroatoms. The zero-order valence-corrected chi connectivity index (χ0v) is 11.1. The summed E-state index contributed by atoms with van der Waals surface area (Å²) < 4.78 is 0. The molecule has 0 saturated carbocycles. The fraction of sp³-hybridized carbons (Fsp3) is 0.231. The number of aromatic nitrogens is 2. The van der Waals surface area contributed by atoms with E-state index in [-0.39, 0.29) is 17.5 Å². The minimum absolute atomic E-state index is 0.107. The molecule has 0 bridgehead atoms. The predicted molar refractivity (Wildman–Crippen MR) is 74.3 cm³/mol. The van der Waals surface area contributed by atoms with Crippen molar-refractivity contribution >= 4 is 11.6 Å². The smallest absolute Gasteiger partial charge is 0.262 e. The highest BCUT2D eigenvalue weighted by Crippen LogP contribution is 2.25. The molecule has 1 aromatic carbocycles. The molecule has 1 atom stereocenters. The number of hydrogen-bond acceptors (Lipinski definition) is 4. The monoisotopic (exact) mass is 279 g/mol. The van der Waals surface area contributed by atoms with Crippen molar-refractivity contribution in [3.05, 3.63) is 45.5 Å². The molecule has 1 unspecified atom stereocenters.